The molecule has 18 rings (SSSR count). The number of carbonyl (C=O) groups is 4. The normalized spacial score (nSPS) is 12.8. The highest BCUT2D eigenvalue weighted by atomic mass is 79.9. The SMILES string of the molecule is CC(=O)CSC1=NN=C(c2cc(-c3ccc4ccccc4c3)cc(-c3cnn(C)c3C)c2)C1.CC(=O)CSC1=NN=C(c2cc(N)cc(-c3ccc4ccccc4c3)c2)C1.CC(=O)CSc1n[nH]c(-c2cc(Br)cc(-c3ccc4ccccc4c3)c2)n1.COc1ccncc1-c1cc(C2=NN=C(SCC(C)=O)C2)cc(-c2ccc3ccccc3c2)c1. The van der Waals surface area contributed by atoms with E-state index in [-0.39, 0.29) is 23.1 Å². The summed E-state index contributed by atoms with van der Waals surface area (Å²) in [7, 11) is 3.63. The zero-order valence-electron chi connectivity index (χ0n) is 67.4. The molecule has 0 bridgehead atoms. The van der Waals surface area contributed by atoms with E-state index in [9.17, 15) is 19.2 Å². The second-order valence-electron chi connectivity index (χ2n) is 29.3. The lowest BCUT2D eigenvalue weighted by molar-refractivity contribution is -0.115. The van der Waals surface area contributed by atoms with Gasteiger partial charge in [-0.2, -0.15) is 20.4 Å². The smallest absolute Gasteiger partial charge is 0.209 e. The first-order valence-corrected chi connectivity index (χ1v) is 43.8. The lowest BCUT2D eigenvalue weighted by Gasteiger charge is -2.13. The molecule has 0 amide bonds. The first-order chi connectivity index (χ1) is 58.7. The summed E-state index contributed by atoms with van der Waals surface area (Å²) in [6.07, 6.45) is 7.36. The standard InChI is InChI=1S/C28H23N3O2S.C27H24N4OS.C22H19N3OS.C21H16BrN3OS/c1-18(32)17-34-28-15-26(30-31-28)24-13-22(21-8-7-19-5-3-4-6-20(19)11-21)12-23(14-24)25-16-29-10-9-27(25)33-2;1-17(32)16-33-27-14-26(29-30-27)24-12-22(11-23(13-24)25-15-28-31(3)18(25)2)21-9-8-19-6-4-5-7-20(19)10-21;1-14(26)13-27-22-12-21(24-25-22)19-9-18(10-20(23)11-19)17-7-6-15-4-2-3-5-16(15)8-17;1-13(26)12-27-21-23-20(24-25-21)18-9-17(10-19(22)11-18)16-7-6-14-4-2-3-5-15(14)8-16/h3-14,16H,15,17H2,1-2H3;4-13,15H,14,16H2,1-3H3;2-11H,12-13,23H2,1H3;2-11H,12H2,1H3,(H,23,24,25). The van der Waals surface area contributed by atoms with Crippen LogP contribution in [0.3, 0.4) is 0 Å². The van der Waals surface area contributed by atoms with E-state index < -0.39 is 0 Å². The molecule has 0 fully saturated rings. The lowest BCUT2D eigenvalue weighted by atomic mass is 9.93. The number of nitrogens with two attached hydrogens (primary N) is 1. The molecule has 121 heavy (non-hydrogen) atoms. The summed E-state index contributed by atoms with van der Waals surface area (Å²) in [5.74, 6) is 3.61. The number of nitrogens with zero attached hydrogens (tertiary/aromatic N) is 11. The van der Waals surface area contributed by atoms with Crippen molar-refractivity contribution in [3.05, 3.63) is 294 Å². The number of aromatic amines is 1. The van der Waals surface area contributed by atoms with Crippen LogP contribution in [-0.4, -0.2) is 115 Å². The highest BCUT2D eigenvalue weighted by Crippen LogP contribution is 2.39. The number of thioether (sulfide) groups is 4. The summed E-state index contributed by atoms with van der Waals surface area (Å²) < 4.78 is 8.47. The van der Waals surface area contributed by atoms with E-state index in [4.69, 9.17) is 10.5 Å². The summed E-state index contributed by atoms with van der Waals surface area (Å²) >= 11 is 9.32. The Hall–Kier alpha value is -12.6. The Morgan fingerprint density at radius 1 is 0.405 bits per heavy atom. The van der Waals surface area contributed by atoms with Crippen LogP contribution in [0.4, 0.5) is 5.69 Å². The molecule has 3 aliphatic heterocycles. The van der Waals surface area contributed by atoms with Crippen molar-refractivity contribution in [2.75, 3.05) is 35.9 Å². The maximum atomic E-state index is 11.4. The molecule has 3 N–H and O–H groups in total. The Labute approximate surface area is 726 Å². The molecule has 0 saturated heterocycles. The van der Waals surface area contributed by atoms with Gasteiger partial charge >= 0.3 is 0 Å². The van der Waals surface area contributed by atoms with Crippen molar-refractivity contribution in [1.82, 2.24) is 29.9 Å². The average molecular weight is 1730 g/mol. The van der Waals surface area contributed by atoms with Crippen molar-refractivity contribution < 1.29 is 23.9 Å². The quantitative estimate of drug-likeness (QED) is 0.0532. The van der Waals surface area contributed by atoms with Crippen LogP contribution < -0.4 is 10.5 Å². The minimum atomic E-state index is 0.104. The largest absolute Gasteiger partial charge is 0.496 e. The maximum Gasteiger partial charge on any atom is 0.209 e. The molecular formula is C98H82BrN13O5S4. The van der Waals surface area contributed by atoms with Crippen LogP contribution in [0.1, 0.15) is 69.3 Å². The Balaban J connectivity index is 0.000000126. The number of hydrogen-bond donors (Lipinski definition) is 2. The number of halogens is 1. The third-order valence-electron chi connectivity index (χ3n) is 20.2. The van der Waals surface area contributed by atoms with E-state index in [2.05, 4.69) is 279 Å². The van der Waals surface area contributed by atoms with E-state index in [0.29, 0.717) is 58.9 Å². The number of aromatic nitrogens is 6. The van der Waals surface area contributed by atoms with Gasteiger partial charge in [0.2, 0.25) is 5.16 Å². The van der Waals surface area contributed by atoms with Gasteiger partial charge in [0, 0.05) is 76.8 Å². The van der Waals surface area contributed by atoms with E-state index in [1.54, 1.807) is 41.0 Å². The number of ketones is 4. The minimum Gasteiger partial charge on any atom is -0.496 e. The second kappa shape index (κ2) is 38.6. The van der Waals surface area contributed by atoms with Gasteiger partial charge < -0.3 is 10.5 Å². The van der Waals surface area contributed by atoms with Gasteiger partial charge in [-0.15, -0.1) is 55.7 Å². The molecular weight excluding hydrogens is 1650 g/mol. The number of hydrogen-bond acceptors (Lipinski definition) is 20. The van der Waals surface area contributed by atoms with Crippen molar-refractivity contribution in [2.24, 2.45) is 37.7 Å². The number of anilines is 1. The number of pyridine rings is 1. The zero-order chi connectivity index (χ0) is 84.0. The topological polar surface area (TPSA) is 250 Å². The number of nitrogen functional groups attached to an aromatic ring is 1. The fourth-order valence-electron chi connectivity index (χ4n) is 14.0. The number of methoxy groups -OCH3 is 1. The Morgan fingerprint density at radius 3 is 1.17 bits per heavy atom. The van der Waals surface area contributed by atoms with Crippen molar-refractivity contribution in [2.45, 2.75) is 59.0 Å². The molecule has 0 spiro atoms. The fraction of sp³-hybridized carbons (Fsp3) is 0.143. The predicted molar refractivity (Wildman–Crippen MR) is 508 cm³/mol. The molecule has 3 aliphatic rings. The van der Waals surface area contributed by atoms with Crippen LogP contribution in [0.25, 0.3) is 121 Å². The molecule has 12 aromatic carbocycles. The van der Waals surface area contributed by atoms with Crippen molar-refractivity contribution in [3.63, 3.8) is 0 Å². The van der Waals surface area contributed by atoms with Gasteiger partial charge in [-0.3, -0.25) is 33.9 Å². The van der Waals surface area contributed by atoms with Crippen LogP contribution in [0, 0.1) is 6.92 Å². The van der Waals surface area contributed by atoms with Crippen LogP contribution in [0.2, 0.25) is 0 Å². The number of H-pyrrole nitrogens is 1. The van der Waals surface area contributed by atoms with E-state index in [1.807, 2.05) is 72.7 Å². The Bertz CT molecular complexity index is 6750. The molecule has 0 atom stereocenters. The molecule has 18 nitrogen and oxygen atoms in total. The van der Waals surface area contributed by atoms with Crippen LogP contribution in [0.5, 0.6) is 5.75 Å². The van der Waals surface area contributed by atoms with Gasteiger partial charge in [0.1, 0.15) is 44.0 Å². The van der Waals surface area contributed by atoms with Crippen molar-refractivity contribution in [3.8, 4) is 83.9 Å². The molecule has 0 unspecified atom stereocenters. The molecule has 0 saturated carbocycles. The molecule has 23 heteroatoms. The molecule has 6 heterocycles. The Morgan fingerprint density at radius 2 is 0.760 bits per heavy atom. The van der Waals surface area contributed by atoms with Gasteiger partial charge in [0.05, 0.1) is 53.5 Å². The summed E-state index contributed by atoms with van der Waals surface area (Å²) in [5, 5.41) is 50.6. The fourth-order valence-corrected chi connectivity index (χ4v) is 17.2. The molecule has 0 radical (unpaired) electrons. The number of fused-ring (bicyclic) bond motifs is 4. The molecule has 15 aromatic rings. The molecule has 3 aromatic heterocycles. The minimum absolute atomic E-state index is 0.104. The van der Waals surface area contributed by atoms with Gasteiger partial charge in [-0.05, 0) is 248 Å². The monoisotopic (exact) mass is 1730 g/mol. The van der Waals surface area contributed by atoms with Crippen LogP contribution >= 0.6 is 63.0 Å². The number of nitrogens with one attached hydrogen (secondary N) is 1. The third kappa shape index (κ3) is 21.2. The number of rotatable bonds is 20. The van der Waals surface area contributed by atoms with Crippen LogP contribution in [-0.2, 0) is 26.2 Å². The highest BCUT2D eigenvalue weighted by Gasteiger charge is 2.23. The third-order valence-corrected chi connectivity index (χ3v) is 25.0. The second-order valence-corrected chi connectivity index (χ2v) is 34.3. The van der Waals surface area contributed by atoms with Gasteiger partial charge in [-0.25, -0.2) is 4.98 Å². The summed E-state index contributed by atoms with van der Waals surface area (Å²) in [4.78, 5) is 53.9. The van der Waals surface area contributed by atoms with Crippen molar-refractivity contribution >= 4 is 167 Å². The number of aryl methyl sites for hydroxylation is 1. The van der Waals surface area contributed by atoms with Gasteiger partial charge in [-0.1, -0.05) is 173 Å². The zero-order valence-corrected chi connectivity index (χ0v) is 72.3. The number of Topliss-reactive ketones (excluding diaryl/α,β-unsaturated/α-hetero) is 4. The number of ether oxygens (including phenoxy) is 1. The highest BCUT2D eigenvalue weighted by molar-refractivity contribution is 9.10. The first-order valence-electron chi connectivity index (χ1n) is 39.0. The van der Waals surface area contributed by atoms with E-state index >= 15 is 0 Å². The number of carbonyl (C=O) groups excluding carboxylic acids is 4. The van der Waals surface area contributed by atoms with Crippen molar-refractivity contribution in [1.29, 1.82) is 0 Å². The molecule has 0 aliphatic carbocycles. The van der Waals surface area contributed by atoms with Gasteiger partial charge in [0.25, 0.3) is 0 Å². The average Bonchev–Trinajstić information content (AvgIpc) is 1.77. The van der Waals surface area contributed by atoms with E-state index in [0.717, 1.165) is 137 Å². The Kier molecular flexibility index (Phi) is 26.6. The first kappa shape index (κ1) is 83.4. The summed E-state index contributed by atoms with van der Waals surface area (Å²) in [6, 6.07) is 86.4. The molecule has 600 valence electrons. The van der Waals surface area contributed by atoms with Crippen LogP contribution in [0.15, 0.2) is 308 Å². The summed E-state index contributed by atoms with van der Waals surface area (Å²) in [5.41, 5.74) is 27.6. The van der Waals surface area contributed by atoms with E-state index in [1.165, 1.54) is 90.1 Å². The van der Waals surface area contributed by atoms with Gasteiger partial charge in [0.15, 0.2) is 5.82 Å². The lowest BCUT2D eigenvalue weighted by Crippen LogP contribution is -2.05. The number of benzene rings is 12. The summed E-state index contributed by atoms with van der Waals surface area (Å²) in [6.45, 7) is 8.41. The maximum absolute atomic E-state index is 11.4. The predicted octanol–water partition coefficient (Wildman–Crippen LogP) is 23.1.